The van der Waals surface area contributed by atoms with E-state index < -0.39 is 0 Å². The van der Waals surface area contributed by atoms with Crippen LogP contribution >= 0.6 is 11.6 Å². The van der Waals surface area contributed by atoms with Gasteiger partial charge < -0.3 is 4.52 Å². The fourth-order valence-corrected chi connectivity index (χ4v) is 2.54. The molecule has 0 bridgehead atoms. The van der Waals surface area contributed by atoms with Gasteiger partial charge in [0.1, 0.15) is 11.5 Å². The van der Waals surface area contributed by atoms with Crippen molar-refractivity contribution in [1.82, 2.24) is 15.1 Å². The highest BCUT2D eigenvalue weighted by atomic mass is 35.5. The molecule has 0 amide bonds. The predicted molar refractivity (Wildman–Crippen MR) is 73.2 cm³/mol. The molecule has 5 nitrogen and oxygen atoms in total. The van der Waals surface area contributed by atoms with E-state index in [0.29, 0.717) is 41.1 Å². The summed E-state index contributed by atoms with van der Waals surface area (Å²) in [5, 5.41) is 4.46. The number of hydrogen-bond donors (Lipinski definition) is 0. The quantitative estimate of drug-likeness (QED) is 0.869. The summed E-state index contributed by atoms with van der Waals surface area (Å²) in [5.74, 6) is 1.26. The Bertz CT molecular complexity index is 609. The Labute approximate surface area is 121 Å². The van der Waals surface area contributed by atoms with Gasteiger partial charge in [-0.25, -0.2) is 0 Å². The van der Waals surface area contributed by atoms with Crippen molar-refractivity contribution >= 4 is 17.4 Å². The zero-order valence-electron chi connectivity index (χ0n) is 10.9. The first kappa shape index (κ1) is 13.2. The van der Waals surface area contributed by atoms with Crippen LogP contribution in [-0.4, -0.2) is 20.9 Å². The van der Waals surface area contributed by atoms with Gasteiger partial charge in [-0.05, 0) is 25.0 Å². The van der Waals surface area contributed by atoms with Crippen molar-refractivity contribution in [2.75, 3.05) is 0 Å². The van der Waals surface area contributed by atoms with Gasteiger partial charge in [0.2, 0.25) is 11.7 Å². The van der Waals surface area contributed by atoms with E-state index in [4.69, 9.17) is 16.1 Å². The second-order valence-corrected chi connectivity index (χ2v) is 5.42. The van der Waals surface area contributed by atoms with Gasteiger partial charge in [0.05, 0.1) is 5.02 Å². The van der Waals surface area contributed by atoms with Crippen LogP contribution in [0.25, 0.3) is 11.5 Å². The molecule has 2 aromatic rings. The molecule has 104 valence electrons. The van der Waals surface area contributed by atoms with Gasteiger partial charge in [-0.1, -0.05) is 23.2 Å². The maximum Gasteiger partial charge on any atom is 0.227 e. The van der Waals surface area contributed by atoms with Crippen LogP contribution in [0.5, 0.6) is 0 Å². The number of ketones is 1. The molecule has 0 spiro atoms. The average Bonchev–Trinajstić information content (AvgIpc) is 2.91. The van der Waals surface area contributed by atoms with E-state index in [1.165, 1.54) is 6.20 Å². The number of carbonyl (C=O) groups is 1. The molecule has 1 atom stereocenters. The summed E-state index contributed by atoms with van der Waals surface area (Å²) in [4.78, 5) is 20.2. The SMILES string of the molecule is O=C1CCCCC1Cc1nc(-c2ccc(Cl)cn2)no1. The summed E-state index contributed by atoms with van der Waals surface area (Å²) in [7, 11) is 0. The molecule has 20 heavy (non-hydrogen) atoms. The van der Waals surface area contributed by atoms with E-state index in [9.17, 15) is 4.79 Å². The van der Waals surface area contributed by atoms with Crippen LogP contribution in [0.3, 0.4) is 0 Å². The van der Waals surface area contributed by atoms with Crippen LogP contribution in [-0.2, 0) is 11.2 Å². The molecule has 6 heteroatoms. The molecular weight excluding hydrogens is 278 g/mol. The first-order valence-electron chi connectivity index (χ1n) is 6.69. The number of carbonyl (C=O) groups excluding carboxylic acids is 1. The third-order valence-electron chi connectivity index (χ3n) is 3.53. The summed E-state index contributed by atoms with van der Waals surface area (Å²) in [6.45, 7) is 0. The third kappa shape index (κ3) is 2.88. The van der Waals surface area contributed by atoms with Crippen LogP contribution in [0.4, 0.5) is 0 Å². The van der Waals surface area contributed by atoms with E-state index in [0.717, 1.165) is 19.3 Å². The molecule has 0 N–H and O–H groups in total. The molecule has 0 aromatic carbocycles. The minimum Gasteiger partial charge on any atom is -0.339 e. The maximum absolute atomic E-state index is 11.8. The Morgan fingerprint density at radius 2 is 2.25 bits per heavy atom. The van der Waals surface area contributed by atoms with Crippen molar-refractivity contribution < 1.29 is 9.32 Å². The number of Topliss-reactive ketones (excluding diaryl/α,β-unsaturated/α-hetero) is 1. The topological polar surface area (TPSA) is 68.9 Å². The van der Waals surface area contributed by atoms with E-state index in [-0.39, 0.29) is 5.92 Å². The van der Waals surface area contributed by atoms with Crippen molar-refractivity contribution in [2.45, 2.75) is 32.1 Å². The Morgan fingerprint density at radius 3 is 3.00 bits per heavy atom. The van der Waals surface area contributed by atoms with Crippen LogP contribution in [0, 0.1) is 5.92 Å². The molecule has 2 aromatic heterocycles. The van der Waals surface area contributed by atoms with Crippen molar-refractivity contribution in [3.05, 3.63) is 29.2 Å². The van der Waals surface area contributed by atoms with Crippen LogP contribution in [0.1, 0.15) is 31.6 Å². The molecular formula is C14H14ClN3O2. The van der Waals surface area contributed by atoms with Crippen molar-refractivity contribution in [3.8, 4) is 11.5 Å². The second-order valence-electron chi connectivity index (χ2n) is 4.99. The zero-order chi connectivity index (χ0) is 13.9. The van der Waals surface area contributed by atoms with E-state index in [1.54, 1.807) is 12.1 Å². The van der Waals surface area contributed by atoms with E-state index in [1.807, 2.05) is 0 Å². The first-order chi connectivity index (χ1) is 9.72. The Balaban J connectivity index is 1.73. The molecule has 0 saturated heterocycles. The summed E-state index contributed by atoms with van der Waals surface area (Å²) >= 11 is 5.78. The van der Waals surface area contributed by atoms with E-state index >= 15 is 0 Å². The third-order valence-corrected chi connectivity index (χ3v) is 3.75. The van der Waals surface area contributed by atoms with Gasteiger partial charge in [0, 0.05) is 25.0 Å². The fraction of sp³-hybridized carbons (Fsp3) is 0.429. The van der Waals surface area contributed by atoms with Crippen LogP contribution < -0.4 is 0 Å². The van der Waals surface area contributed by atoms with Gasteiger partial charge in [-0.15, -0.1) is 0 Å². The fourth-order valence-electron chi connectivity index (χ4n) is 2.43. The van der Waals surface area contributed by atoms with Crippen LogP contribution in [0.15, 0.2) is 22.9 Å². The van der Waals surface area contributed by atoms with Gasteiger partial charge in [-0.3, -0.25) is 9.78 Å². The number of halogens is 1. The number of rotatable bonds is 3. The van der Waals surface area contributed by atoms with E-state index in [2.05, 4.69) is 15.1 Å². The molecule has 1 saturated carbocycles. The minimum absolute atomic E-state index is 0.0234. The first-order valence-corrected chi connectivity index (χ1v) is 7.07. The summed E-state index contributed by atoms with van der Waals surface area (Å²) in [6.07, 6.45) is 5.74. The maximum atomic E-state index is 11.8. The normalized spacial score (nSPS) is 19.2. The van der Waals surface area contributed by atoms with Crippen molar-refractivity contribution in [3.63, 3.8) is 0 Å². The van der Waals surface area contributed by atoms with Crippen LogP contribution in [0.2, 0.25) is 5.02 Å². The highest BCUT2D eigenvalue weighted by molar-refractivity contribution is 6.30. The van der Waals surface area contributed by atoms with Gasteiger partial charge in [0.25, 0.3) is 0 Å². The molecule has 3 rings (SSSR count). The van der Waals surface area contributed by atoms with Gasteiger partial charge in [0.15, 0.2) is 0 Å². The molecule has 1 aliphatic rings. The molecule has 1 fully saturated rings. The van der Waals surface area contributed by atoms with Crippen molar-refractivity contribution in [2.24, 2.45) is 5.92 Å². The summed E-state index contributed by atoms with van der Waals surface area (Å²) < 4.78 is 5.21. The smallest absolute Gasteiger partial charge is 0.227 e. The lowest BCUT2D eigenvalue weighted by Crippen LogP contribution is -2.21. The molecule has 0 radical (unpaired) electrons. The number of nitrogens with zero attached hydrogens (tertiary/aromatic N) is 3. The summed E-state index contributed by atoms with van der Waals surface area (Å²) in [5.41, 5.74) is 0.611. The Hall–Kier alpha value is -1.75. The highest BCUT2D eigenvalue weighted by Crippen LogP contribution is 2.24. The van der Waals surface area contributed by atoms with Gasteiger partial charge >= 0.3 is 0 Å². The monoisotopic (exact) mass is 291 g/mol. The number of aromatic nitrogens is 3. The largest absolute Gasteiger partial charge is 0.339 e. The molecule has 2 heterocycles. The molecule has 1 aliphatic carbocycles. The predicted octanol–water partition coefficient (Wildman–Crippen LogP) is 3.09. The summed E-state index contributed by atoms with van der Waals surface area (Å²) in [6, 6.07) is 3.47. The molecule has 0 aliphatic heterocycles. The second kappa shape index (κ2) is 5.71. The molecule has 1 unspecified atom stereocenters. The Morgan fingerprint density at radius 1 is 1.35 bits per heavy atom. The van der Waals surface area contributed by atoms with Gasteiger partial charge in [-0.2, -0.15) is 4.98 Å². The lowest BCUT2D eigenvalue weighted by molar-refractivity contribution is -0.124. The standard InChI is InChI=1S/C14H14ClN3O2/c15-10-5-6-11(16-8-10)14-17-13(20-18-14)7-9-3-1-2-4-12(9)19/h5-6,8-9H,1-4,7H2. The lowest BCUT2D eigenvalue weighted by Gasteiger charge is -2.18. The minimum atomic E-state index is 0.0234. The zero-order valence-corrected chi connectivity index (χ0v) is 11.6. The van der Waals surface area contributed by atoms with Crippen molar-refractivity contribution in [1.29, 1.82) is 0 Å². The lowest BCUT2D eigenvalue weighted by atomic mass is 9.86. The number of hydrogen-bond acceptors (Lipinski definition) is 5. The Kier molecular flexibility index (Phi) is 3.78. The number of pyridine rings is 1. The average molecular weight is 292 g/mol. The highest BCUT2D eigenvalue weighted by Gasteiger charge is 2.24.